The summed E-state index contributed by atoms with van der Waals surface area (Å²) < 4.78 is 5.21. The summed E-state index contributed by atoms with van der Waals surface area (Å²) in [4.78, 5) is 11.4. The molecule has 104 valence electrons. The van der Waals surface area contributed by atoms with Gasteiger partial charge in [-0.3, -0.25) is 4.90 Å². The Balaban J connectivity index is 2.11. The largest absolute Gasteiger partial charge is 0.497 e. The third-order valence-electron chi connectivity index (χ3n) is 3.26. The molecular formula is C13H13ClN4O2. The lowest BCUT2D eigenvalue weighted by Gasteiger charge is -2.24. The number of hydrogen-bond acceptors (Lipinski definition) is 6. The minimum Gasteiger partial charge on any atom is -0.497 e. The van der Waals surface area contributed by atoms with E-state index in [1.165, 1.54) is 0 Å². The van der Waals surface area contributed by atoms with E-state index in [1.54, 1.807) is 36.2 Å². The van der Waals surface area contributed by atoms with E-state index >= 15 is 0 Å². The van der Waals surface area contributed by atoms with Gasteiger partial charge in [0.25, 0.3) is 0 Å². The van der Waals surface area contributed by atoms with Crippen LogP contribution in [0.1, 0.15) is 0 Å². The van der Waals surface area contributed by atoms with Gasteiger partial charge in [0.1, 0.15) is 11.6 Å². The van der Waals surface area contributed by atoms with Crippen molar-refractivity contribution in [3.63, 3.8) is 0 Å². The van der Waals surface area contributed by atoms with Crippen molar-refractivity contribution in [3.05, 3.63) is 35.7 Å². The number of nitrogens with zero attached hydrogens (tertiary/aromatic N) is 4. The summed E-state index contributed by atoms with van der Waals surface area (Å²) in [5.74, 6) is 1.26. The van der Waals surface area contributed by atoms with E-state index in [2.05, 4.69) is 9.97 Å². The van der Waals surface area contributed by atoms with Crippen molar-refractivity contribution >= 4 is 28.8 Å². The van der Waals surface area contributed by atoms with Gasteiger partial charge in [0.05, 0.1) is 18.5 Å². The first-order valence-corrected chi connectivity index (χ1v) is 6.36. The fourth-order valence-corrected chi connectivity index (χ4v) is 2.38. The molecule has 0 amide bonds. The minimum atomic E-state index is -0.858. The van der Waals surface area contributed by atoms with Crippen LogP contribution < -0.4 is 14.5 Å². The summed E-state index contributed by atoms with van der Waals surface area (Å²) in [6, 6.07) is 7.26. The zero-order chi connectivity index (χ0) is 14.3. The SMILES string of the molecule is COc1ccc2c(c1)N(C)C(O)N2c1ccnc(Cl)n1. The molecule has 6 nitrogen and oxygen atoms in total. The topological polar surface area (TPSA) is 61.7 Å². The van der Waals surface area contributed by atoms with E-state index in [0.29, 0.717) is 5.82 Å². The highest BCUT2D eigenvalue weighted by molar-refractivity contribution is 6.28. The van der Waals surface area contributed by atoms with Crippen molar-refractivity contribution in [2.24, 2.45) is 0 Å². The standard InChI is InChI=1S/C13H13ClN4O2/c1-17-10-7-8(20-2)3-4-9(10)18(13(17)19)11-5-6-15-12(14)16-11/h3-7,13,19H,1-2H3. The van der Waals surface area contributed by atoms with Gasteiger partial charge in [-0.25, -0.2) is 9.97 Å². The molecule has 1 aromatic heterocycles. The second kappa shape index (κ2) is 4.81. The molecule has 1 aliphatic heterocycles. The molecule has 0 spiro atoms. The molecule has 2 aromatic rings. The van der Waals surface area contributed by atoms with Crippen LogP contribution in [0.15, 0.2) is 30.5 Å². The highest BCUT2D eigenvalue weighted by Gasteiger charge is 2.34. The molecule has 1 N–H and O–H groups in total. The lowest BCUT2D eigenvalue weighted by atomic mass is 10.2. The smallest absolute Gasteiger partial charge is 0.224 e. The Kier molecular flexibility index (Phi) is 3.11. The number of benzene rings is 1. The van der Waals surface area contributed by atoms with Crippen LogP contribution in [0.4, 0.5) is 17.2 Å². The molecule has 0 saturated heterocycles. The van der Waals surface area contributed by atoms with E-state index in [4.69, 9.17) is 16.3 Å². The van der Waals surface area contributed by atoms with Gasteiger partial charge in [-0.2, -0.15) is 0 Å². The molecule has 0 aliphatic carbocycles. The molecule has 7 heteroatoms. The number of anilines is 3. The first-order chi connectivity index (χ1) is 9.61. The van der Waals surface area contributed by atoms with Crippen molar-refractivity contribution in [1.29, 1.82) is 0 Å². The van der Waals surface area contributed by atoms with Crippen LogP contribution in [-0.2, 0) is 0 Å². The van der Waals surface area contributed by atoms with E-state index in [1.807, 2.05) is 18.2 Å². The van der Waals surface area contributed by atoms with Crippen molar-refractivity contribution in [2.75, 3.05) is 24.0 Å². The molecule has 2 heterocycles. The van der Waals surface area contributed by atoms with Gasteiger partial charge in [0.15, 0.2) is 0 Å². The molecule has 0 fully saturated rings. The number of halogens is 1. The summed E-state index contributed by atoms with van der Waals surface area (Å²) in [6.07, 6.45) is 0.696. The number of aliphatic hydroxyl groups excluding tert-OH is 1. The van der Waals surface area contributed by atoms with Crippen LogP contribution >= 0.6 is 11.6 Å². The van der Waals surface area contributed by atoms with Crippen molar-refractivity contribution in [3.8, 4) is 5.75 Å². The normalized spacial score (nSPS) is 17.3. The maximum Gasteiger partial charge on any atom is 0.224 e. The fraction of sp³-hybridized carbons (Fsp3) is 0.231. The van der Waals surface area contributed by atoms with Crippen LogP contribution in [0, 0.1) is 0 Å². The zero-order valence-corrected chi connectivity index (χ0v) is 11.7. The zero-order valence-electron chi connectivity index (χ0n) is 11.0. The third kappa shape index (κ3) is 1.93. The van der Waals surface area contributed by atoms with Crippen LogP contribution in [0.25, 0.3) is 0 Å². The first-order valence-electron chi connectivity index (χ1n) is 5.98. The van der Waals surface area contributed by atoms with Gasteiger partial charge in [0.2, 0.25) is 11.6 Å². The maximum atomic E-state index is 10.4. The first kappa shape index (κ1) is 13.0. The Hall–Kier alpha value is -2.05. The fourth-order valence-electron chi connectivity index (χ4n) is 2.24. The van der Waals surface area contributed by atoms with E-state index in [9.17, 15) is 5.11 Å². The minimum absolute atomic E-state index is 0.138. The summed E-state index contributed by atoms with van der Waals surface area (Å²) in [6.45, 7) is 0. The third-order valence-corrected chi connectivity index (χ3v) is 3.44. The molecule has 0 radical (unpaired) electrons. The molecule has 20 heavy (non-hydrogen) atoms. The molecular weight excluding hydrogens is 280 g/mol. The Labute approximate surface area is 121 Å². The summed E-state index contributed by atoms with van der Waals surface area (Å²) in [5.41, 5.74) is 1.68. The highest BCUT2D eigenvalue weighted by atomic mass is 35.5. The second-order valence-corrected chi connectivity index (χ2v) is 4.70. The number of rotatable bonds is 2. The van der Waals surface area contributed by atoms with Crippen LogP contribution in [0.3, 0.4) is 0 Å². The number of methoxy groups -OCH3 is 1. The van der Waals surface area contributed by atoms with Crippen molar-refractivity contribution in [2.45, 2.75) is 6.35 Å². The van der Waals surface area contributed by atoms with Crippen molar-refractivity contribution < 1.29 is 9.84 Å². The summed E-state index contributed by atoms with van der Waals surface area (Å²) in [7, 11) is 3.40. The number of aromatic nitrogens is 2. The molecule has 3 rings (SSSR count). The van der Waals surface area contributed by atoms with Gasteiger partial charge in [-0.15, -0.1) is 0 Å². The highest BCUT2D eigenvalue weighted by Crippen LogP contribution is 2.43. The quantitative estimate of drug-likeness (QED) is 0.854. The summed E-state index contributed by atoms with van der Waals surface area (Å²) >= 11 is 5.82. The average Bonchev–Trinajstić information content (AvgIpc) is 2.70. The maximum absolute atomic E-state index is 10.4. The average molecular weight is 293 g/mol. The van der Waals surface area contributed by atoms with E-state index in [-0.39, 0.29) is 5.28 Å². The van der Waals surface area contributed by atoms with Crippen molar-refractivity contribution in [1.82, 2.24) is 9.97 Å². The molecule has 1 aromatic carbocycles. The number of ether oxygens (including phenoxy) is 1. The number of hydrogen-bond donors (Lipinski definition) is 1. The van der Waals surface area contributed by atoms with Crippen LogP contribution in [0.5, 0.6) is 5.75 Å². The molecule has 0 bridgehead atoms. The predicted octanol–water partition coefficient (Wildman–Crippen LogP) is 2.00. The van der Waals surface area contributed by atoms with Gasteiger partial charge < -0.3 is 14.7 Å². The van der Waals surface area contributed by atoms with E-state index < -0.39 is 6.35 Å². The van der Waals surface area contributed by atoms with Gasteiger partial charge in [-0.05, 0) is 29.8 Å². The number of fused-ring (bicyclic) bond motifs is 1. The molecule has 1 atom stereocenters. The van der Waals surface area contributed by atoms with Crippen LogP contribution in [-0.4, -0.2) is 35.6 Å². The number of aliphatic hydroxyl groups is 1. The predicted molar refractivity (Wildman–Crippen MR) is 76.6 cm³/mol. The second-order valence-electron chi connectivity index (χ2n) is 4.37. The summed E-state index contributed by atoms with van der Waals surface area (Å²) in [5, 5.41) is 10.5. The lowest BCUT2D eigenvalue weighted by Crippen LogP contribution is -2.38. The Morgan fingerprint density at radius 2 is 2.10 bits per heavy atom. The Morgan fingerprint density at radius 3 is 2.80 bits per heavy atom. The molecule has 1 aliphatic rings. The van der Waals surface area contributed by atoms with Gasteiger partial charge >= 0.3 is 0 Å². The molecule has 1 unspecified atom stereocenters. The van der Waals surface area contributed by atoms with Gasteiger partial charge in [0, 0.05) is 19.3 Å². The van der Waals surface area contributed by atoms with Crippen LogP contribution in [0.2, 0.25) is 5.28 Å². The lowest BCUT2D eigenvalue weighted by molar-refractivity contribution is 0.188. The Bertz CT molecular complexity index is 652. The Morgan fingerprint density at radius 1 is 1.30 bits per heavy atom. The molecule has 0 saturated carbocycles. The van der Waals surface area contributed by atoms with Gasteiger partial charge in [-0.1, -0.05) is 0 Å². The van der Waals surface area contributed by atoms with E-state index in [0.717, 1.165) is 17.1 Å². The monoisotopic (exact) mass is 292 g/mol.